The first-order chi connectivity index (χ1) is 6.17. The van der Waals surface area contributed by atoms with Crippen LogP contribution in [0.25, 0.3) is 0 Å². The second kappa shape index (κ2) is 3.21. The highest BCUT2D eigenvalue weighted by molar-refractivity contribution is 5.70. The molecule has 0 radical (unpaired) electrons. The minimum atomic E-state index is -0.779. The fourth-order valence-electron chi connectivity index (χ4n) is 2.58. The van der Waals surface area contributed by atoms with Gasteiger partial charge in [0.15, 0.2) is 0 Å². The molecule has 1 heterocycles. The lowest BCUT2D eigenvalue weighted by atomic mass is 9.75. The van der Waals surface area contributed by atoms with Gasteiger partial charge in [-0.05, 0) is 27.7 Å². The number of quaternary nitrogens is 1. The van der Waals surface area contributed by atoms with Gasteiger partial charge in [-0.2, -0.15) is 0 Å². The van der Waals surface area contributed by atoms with Crippen molar-refractivity contribution in [2.24, 2.45) is 5.92 Å². The molecule has 0 aromatic rings. The van der Waals surface area contributed by atoms with Crippen molar-refractivity contribution in [3.63, 3.8) is 0 Å². The third-order valence-electron chi connectivity index (χ3n) is 3.09. The zero-order chi connectivity index (χ0) is 11.1. The normalized spacial score (nSPS) is 35.2. The predicted molar refractivity (Wildman–Crippen MR) is 52.8 cm³/mol. The molecule has 0 atom stereocenters. The number of hydrogen-bond donors (Lipinski definition) is 2. The van der Waals surface area contributed by atoms with Crippen molar-refractivity contribution in [2.75, 3.05) is 0 Å². The quantitative estimate of drug-likeness (QED) is 0.604. The Hall–Kier alpha value is -0.610. The van der Waals surface area contributed by atoms with Gasteiger partial charge in [0.05, 0.1) is 17.0 Å². The van der Waals surface area contributed by atoms with Crippen LogP contribution in [0.3, 0.4) is 0 Å². The number of hydrogen-bond acceptors (Lipinski definition) is 2. The second-order valence-electron chi connectivity index (χ2n) is 5.54. The summed E-state index contributed by atoms with van der Waals surface area (Å²) in [5.41, 5.74) is -0.990. The molecular weight excluding hydrogens is 182 g/mol. The van der Waals surface area contributed by atoms with Crippen LogP contribution in [0, 0.1) is 11.1 Å². The molecule has 14 heavy (non-hydrogen) atoms. The minimum Gasteiger partial charge on any atom is -0.634 e. The molecule has 0 bridgehead atoms. The van der Waals surface area contributed by atoms with Gasteiger partial charge in [-0.3, -0.25) is 4.79 Å². The molecule has 0 aromatic heterocycles. The van der Waals surface area contributed by atoms with Gasteiger partial charge in [0.1, 0.15) is 0 Å². The van der Waals surface area contributed by atoms with Crippen LogP contribution in [0.4, 0.5) is 0 Å². The number of piperidine rings is 1. The van der Waals surface area contributed by atoms with E-state index in [0.717, 1.165) is 0 Å². The maximum atomic E-state index is 11.9. The van der Waals surface area contributed by atoms with Gasteiger partial charge in [-0.15, -0.1) is 0 Å². The molecule has 4 heteroatoms. The van der Waals surface area contributed by atoms with Gasteiger partial charge in [-0.25, -0.2) is 0 Å². The van der Waals surface area contributed by atoms with E-state index < -0.39 is 17.0 Å². The summed E-state index contributed by atoms with van der Waals surface area (Å²) in [6, 6.07) is 0. The first-order valence-electron chi connectivity index (χ1n) is 4.94. The van der Waals surface area contributed by atoms with Crippen LogP contribution in [0.5, 0.6) is 0 Å². The van der Waals surface area contributed by atoms with E-state index >= 15 is 0 Å². The van der Waals surface area contributed by atoms with Crippen LogP contribution in [0.1, 0.15) is 40.5 Å². The molecule has 82 valence electrons. The average molecular weight is 201 g/mol. The van der Waals surface area contributed by atoms with Crippen molar-refractivity contribution in [1.29, 1.82) is 0 Å². The van der Waals surface area contributed by atoms with Gasteiger partial charge in [-0.1, -0.05) is 0 Å². The molecule has 1 aliphatic rings. The first-order valence-corrected chi connectivity index (χ1v) is 4.94. The Morgan fingerprint density at radius 1 is 1.29 bits per heavy atom. The Kier molecular flexibility index (Phi) is 2.63. The summed E-state index contributed by atoms with van der Waals surface area (Å²) in [6.07, 6.45) is 0.926. The van der Waals surface area contributed by atoms with E-state index in [2.05, 4.69) is 0 Å². The van der Waals surface area contributed by atoms with Crippen LogP contribution < -0.4 is 5.06 Å². The molecule has 1 aliphatic heterocycles. The molecule has 0 aliphatic carbocycles. The van der Waals surface area contributed by atoms with Crippen molar-refractivity contribution < 1.29 is 15.0 Å². The van der Waals surface area contributed by atoms with Crippen LogP contribution in [0.2, 0.25) is 0 Å². The average Bonchev–Trinajstić information content (AvgIpc) is 1.98. The van der Waals surface area contributed by atoms with E-state index in [1.165, 1.54) is 0 Å². The topological polar surface area (TPSA) is 64.8 Å². The molecular formula is C10H19NO3. The van der Waals surface area contributed by atoms with Gasteiger partial charge >= 0.3 is 5.97 Å². The van der Waals surface area contributed by atoms with E-state index in [1.807, 2.05) is 27.7 Å². The van der Waals surface area contributed by atoms with E-state index in [0.29, 0.717) is 12.8 Å². The highest BCUT2D eigenvalue weighted by Crippen LogP contribution is 2.28. The van der Waals surface area contributed by atoms with Crippen molar-refractivity contribution in [3.8, 4) is 0 Å². The molecule has 1 rings (SSSR count). The summed E-state index contributed by atoms with van der Waals surface area (Å²) >= 11 is 0. The molecule has 0 aromatic carbocycles. The second-order valence-corrected chi connectivity index (χ2v) is 5.54. The molecule has 0 saturated carbocycles. The Balaban J connectivity index is 2.91. The molecule has 1 fully saturated rings. The standard InChI is InChI=1S/C10H19NO3/c1-9(2)5-7(8(12)13)6-10(3,4)11(9)14/h7,11H,5-6H2,1-4H3,(H,12,13). The van der Waals surface area contributed by atoms with Crippen molar-refractivity contribution in [2.45, 2.75) is 51.6 Å². The molecule has 1 saturated heterocycles. The molecule has 0 amide bonds. The number of carbonyl (C=O) groups is 1. The SMILES string of the molecule is CC1(C)CC(C(=O)O)CC(C)(C)[NH+]1[O-]. The summed E-state index contributed by atoms with van der Waals surface area (Å²) in [7, 11) is 0. The van der Waals surface area contributed by atoms with Crippen molar-refractivity contribution in [1.82, 2.24) is 0 Å². The Morgan fingerprint density at radius 3 is 1.93 bits per heavy atom. The lowest BCUT2D eigenvalue weighted by Crippen LogP contribution is -3.23. The largest absolute Gasteiger partial charge is 0.634 e. The summed E-state index contributed by atoms with van der Waals surface area (Å²) < 4.78 is 0. The molecule has 0 spiro atoms. The van der Waals surface area contributed by atoms with Crippen LogP contribution >= 0.6 is 0 Å². The summed E-state index contributed by atoms with van der Waals surface area (Å²) in [5.74, 6) is -1.16. The Labute approximate surface area is 84.5 Å². The molecule has 4 nitrogen and oxygen atoms in total. The monoisotopic (exact) mass is 201 g/mol. The highest BCUT2D eigenvalue weighted by Gasteiger charge is 2.47. The lowest BCUT2D eigenvalue weighted by molar-refractivity contribution is -0.956. The third-order valence-corrected chi connectivity index (χ3v) is 3.09. The van der Waals surface area contributed by atoms with E-state index in [9.17, 15) is 10.0 Å². The Morgan fingerprint density at radius 2 is 1.64 bits per heavy atom. The number of aliphatic carboxylic acids is 1. The van der Waals surface area contributed by atoms with E-state index in [1.54, 1.807) is 0 Å². The molecule has 0 unspecified atom stereocenters. The van der Waals surface area contributed by atoms with Crippen LogP contribution in [0.15, 0.2) is 0 Å². The smallest absolute Gasteiger partial charge is 0.306 e. The van der Waals surface area contributed by atoms with Gasteiger partial charge in [0.25, 0.3) is 0 Å². The zero-order valence-electron chi connectivity index (χ0n) is 9.26. The predicted octanol–water partition coefficient (Wildman–Crippen LogP) is 0.421. The zero-order valence-corrected chi connectivity index (χ0v) is 9.26. The van der Waals surface area contributed by atoms with Crippen molar-refractivity contribution >= 4 is 5.97 Å². The first kappa shape index (κ1) is 11.5. The number of rotatable bonds is 1. The summed E-state index contributed by atoms with van der Waals surface area (Å²) in [6.45, 7) is 7.36. The van der Waals surface area contributed by atoms with Gasteiger partial charge in [0.2, 0.25) is 0 Å². The van der Waals surface area contributed by atoms with Crippen LogP contribution in [-0.2, 0) is 4.79 Å². The van der Waals surface area contributed by atoms with Gasteiger partial charge < -0.3 is 15.4 Å². The summed E-state index contributed by atoms with van der Waals surface area (Å²) in [4.78, 5) is 10.9. The molecule has 2 N–H and O–H groups in total. The number of carboxylic acids is 1. The summed E-state index contributed by atoms with van der Waals surface area (Å²) in [5, 5.41) is 21.1. The maximum absolute atomic E-state index is 11.9. The van der Waals surface area contributed by atoms with Crippen molar-refractivity contribution in [3.05, 3.63) is 5.21 Å². The highest BCUT2D eigenvalue weighted by atomic mass is 16.5. The minimum absolute atomic E-state index is 0.183. The Bertz CT molecular complexity index is 230. The van der Waals surface area contributed by atoms with E-state index in [-0.39, 0.29) is 11.0 Å². The lowest BCUT2D eigenvalue weighted by Gasteiger charge is -2.53. The van der Waals surface area contributed by atoms with Gasteiger partial charge in [0, 0.05) is 12.8 Å². The van der Waals surface area contributed by atoms with E-state index in [4.69, 9.17) is 5.11 Å². The number of hydroxylamine groups is 2. The number of carboxylic acid groups (broad SMARTS) is 1. The van der Waals surface area contributed by atoms with Crippen LogP contribution in [-0.4, -0.2) is 22.2 Å². The third kappa shape index (κ3) is 1.91. The number of nitrogens with one attached hydrogen (secondary N) is 1. The maximum Gasteiger partial charge on any atom is 0.306 e. The fraction of sp³-hybridized carbons (Fsp3) is 0.900. The fourth-order valence-corrected chi connectivity index (χ4v) is 2.58.